The zero-order valence-corrected chi connectivity index (χ0v) is 13.9. The molecule has 2 N–H and O–H groups in total. The van der Waals surface area contributed by atoms with E-state index >= 15 is 0 Å². The number of rotatable bonds is 3. The highest BCUT2D eigenvalue weighted by Gasteiger charge is 2.41. The third-order valence-electron chi connectivity index (χ3n) is 2.80. The second kappa shape index (κ2) is 5.57. The van der Waals surface area contributed by atoms with Crippen LogP contribution in [-0.2, 0) is 4.74 Å². The van der Waals surface area contributed by atoms with E-state index in [-0.39, 0.29) is 18.2 Å². The van der Waals surface area contributed by atoms with E-state index in [4.69, 9.17) is 15.2 Å². The largest absolute Gasteiger partial charge is 0.485 e. The lowest BCUT2D eigenvalue weighted by Crippen LogP contribution is -2.59. The van der Waals surface area contributed by atoms with Crippen LogP contribution in [0.3, 0.4) is 0 Å². The normalized spacial score (nSPS) is 27.7. The Morgan fingerprint density at radius 3 is 2.29 bits per heavy atom. The smallest absolute Gasteiger partial charge is 0.148 e. The highest BCUT2D eigenvalue weighted by molar-refractivity contribution is 9.11. The van der Waals surface area contributed by atoms with E-state index in [1.165, 1.54) is 0 Å². The molecule has 3 unspecified atom stereocenters. The van der Waals surface area contributed by atoms with Gasteiger partial charge in [-0.1, -0.05) is 15.9 Å². The molecule has 1 aromatic carbocycles. The van der Waals surface area contributed by atoms with Gasteiger partial charge < -0.3 is 15.2 Å². The molecule has 0 bridgehead atoms. The monoisotopic (exact) mass is 427 g/mol. The molecule has 0 amide bonds. The van der Waals surface area contributed by atoms with Gasteiger partial charge in [-0.05, 0) is 44.0 Å². The van der Waals surface area contributed by atoms with Crippen molar-refractivity contribution in [1.29, 1.82) is 0 Å². The summed E-state index contributed by atoms with van der Waals surface area (Å²) in [4.78, 5) is 0. The molecule has 0 saturated heterocycles. The molecule has 1 saturated carbocycles. The molecule has 0 radical (unpaired) electrons. The van der Waals surface area contributed by atoms with E-state index < -0.39 is 0 Å². The van der Waals surface area contributed by atoms with E-state index in [0.717, 1.165) is 25.6 Å². The molecular weight excluding hydrogens is 418 g/mol. The summed E-state index contributed by atoms with van der Waals surface area (Å²) in [6.45, 7) is 0. The van der Waals surface area contributed by atoms with E-state index in [1.54, 1.807) is 7.11 Å². The molecule has 3 nitrogen and oxygen atoms in total. The Kier molecular flexibility index (Phi) is 4.52. The lowest BCUT2D eigenvalue weighted by molar-refractivity contribution is -0.0787. The lowest BCUT2D eigenvalue weighted by atomic mass is 9.86. The van der Waals surface area contributed by atoms with Gasteiger partial charge in [0.15, 0.2) is 0 Å². The van der Waals surface area contributed by atoms with Crippen LogP contribution in [0.15, 0.2) is 25.6 Å². The van der Waals surface area contributed by atoms with Crippen LogP contribution in [0.25, 0.3) is 0 Å². The Hall–Kier alpha value is 0.380. The summed E-state index contributed by atoms with van der Waals surface area (Å²) >= 11 is 10.4. The molecule has 94 valence electrons. The van der Waals surface area contributed by atoms with Crippen molar-refractivity contribution in [3.05, 3.63) is 25.6 Å². The SMILES string of the molecule is COC1C(N)CC1Oc1c(Br)cc(Br)cc1Br. The van der Waals surface area contributed by atoms with Crippen LogP contribution in [0, 0.1) is 0 Å². The van der Waals surface area contributed by atoms with Gasteiger partial charge in [-0.2, -0.15) is 0 Å². The highest BCUT2D eigenvalue weighted by Crippen LogP contribution is 2.39. The van der Waals surface area contributed by atoms with Gasteiger partial charge in [0, 0.05) is 24.0 Å². The van der Waals surface area contributed by atoms with Crippen molar-refractivity contribution in [3.63, 3.8) is 0 Å². The van der Waals surface area contributed by atoms with Crippen LogP contribution in [0.4, 0.5) is 0 Å². The summed E-state index contributed by atoms with van der Waals surface area (Å²) < 4.78 is 14.0. The Labute approximate surface area is 125 Å². The van der Waals surface area contributed by atoms with Gasteiger partial charge in [-0.15, -0.1) is 0 Å². The molecule has 1 fully saturated rings. The first-order chi connectivity index (χ1) is 8.02. The zero-order chi connectivity index (χ0) is 12.6. The predicted molar refractivity (Wildman–Crippen MR) is 77.3 cm³/mol. The molecule has 17 heavy (non-hydrogen) atoms. The van der Waals surface area contributed by atoms with Crippen molar-refractivity contribution in [1.82, 2.24) is 0 Å². The molecule has 1 aromatic rings. The molecule has 0 spiro atoms. The maximum absolute atomic E-state index is 5.92. The quantitative estimate of drug-likeness (QED) is 0.800. The summed E-state index contributed by atoms with van der Waals surface area (Å²) in [5.74, 6) is 0.784. The van der Waals surface area contributed by atoms with E-state index in [0.29, 0.717) is 0 Å². The fourth-order valence-corrected chi connectivity index (χ4v) is 4.30. The molecule has 0 aromatic heterocycles. The Morgan fingerprint density at radius 1 is 1.24 bits per heavy atom. The maximum Gasteiger partial charge on any atom is 0.148 e. The number of ether oxygens (including phenoxy) is 2. The van der Waals surface area contributed by atoms with Crippen LogP contribution in [0.1, 0.15) is 6.42 Å². The third kappa shape index (κ3) is 2.87. The number of halogens is 3. The Bertz CT molecular complexity index is 404. The van der Waals surface area contributed by atoms with Gasteiger partial charge in [-0.3, -0.25) is 0 Å². The van der Waals surface area contributed by atoms with Gasteiger partial charge in [0.1, 0.15) is 18.0 Å². The number of benzene rings is 1. The third-order valence-corrected chi connectivity index (χ3v) is 4.43. The number of hydrogen-bond acceptors (Lipinski definition) is 3. The average molecular weight is 430 g/mol. The zero-order valence-electron chi connectivity index (χ0n) is 9.12. The van der Waals surface area contributed by atoms with Crippen molar-refractivity contribution in [2.24, 2.45) is 5.73 Å². The van der Waals surface area contributed by atoms with Gasteiger partial charge in [0.05, 0.1) is 8.95 Å². The first kappa shape index (κ1) is 13.8. The standard InChI is InChI=1S/C11H12Br3NO2/c1-16-11-8(15)4-9(11)17-10-6(13)2-5(12)3-7(10)14/h2-3,8-9,11H,4,15H2,1H3. The van der Waals surface area contributed by atoms with Gasteiger partial charge in [-0.25, -0.2) is 0 Å². The van der Waals surface area contributed by atoms with E-state index in [9.17, 15) is 0 Å². The van der Waals surface area contributed by atoms with Crippen molar-refractivity contribution >= 4 is 47.8 Å². The fourth-order valence-electron chi connectivity index (χ4n) is 1.85. The van der Waals surface area contributed by atoms with Gasteiger partial charge >= 0.3 is 0 Å². The van der Waals surface area contributed by atoms with Crippen molar-refractivity contribution < 1.29 is 9.47 Å². The second-order valence-electron chi connectivity index (χ2n) is 3.95. The van der Waals surface area contributed by atoms with Crippen LogP contribution in [-0.4, -0.2) is 25.4 Å². The summed E-state index contributed by atoms with van der Waals surface area (Å²) in [5.41, 5.74) is 5.84. The maximum atomic E-state index is 5.92. The molecule has 1 aliphatic rings. The minimum absolute atomic E-state index is 0.0174. The minimum Gasteiger partial charge on any atom is -0.485 e. The molecule has 1 aliphatic carbocycles. The molecule has 3 atom stereocenters. The second-order valence-corrected chi connectivity index (χ2v) is 6.58. The molecule has 6 heteroatoms. The first-order valence-electron chi connectivity index (χ1n) is 5.12. The number of hydrogen-bond donors (Lipinski definition) is 1. The molecule has 0 heterocycles. The minimum atomic E-state index is -0.0301. The summed E-state index contributed by atoms with van der Waals surface area (Å²) in [7, 11) is 1.66. The van der Waals surface area contributed by atoms with Gasteiger partial charge in [0.25, 0.3) is 0 Å². The van der Waals surface area contributed by atoms with Crippen molar-refractivity contribution in [2.45, 2.75) is 24.7 Å². The molecule has 2 rings (SSSR count). The fraction of sp³-hybridized carbons (Fsp3) is 0.455. The van der Waals surface area contributed by atoms with Crippen LogP contribution in [0.5, 0.6) is 5.75 Å². The average Bonchev–Trinajstić information content (AvgIpc) is 2.21. The summed E-state index contributed by atoms with van der Waals surface area (Å²) in [5, 5.41) is 0. The molecular formula is C11H12Br3NO2. The van der Waals surface area contributed by atoms with Crippen molar-refractivity contribution in [2.75, 3.05) is 7.11 Å². The predicted octanol–water partition coefficient (Wildman–Crippen LogP) is 3.47. The first-order valence-corrected chi connectivity index (χ1v) is 7.50. The number of nitrogens with two attached hydrogens (primary N) is 1. The highest BCUT2D eigenvalue weighted by atomic mass is 79.9. The summed E-state index contributed by atoms with van der Waals surface area (Å²) in [6, 6.07) is 3.96. The van der Waals surface area contributed by atoms with E-state index in [1.807, 2.05) is 12.1 Å². The topological polar surface area (TPSA) is 44.5 Å². The summed E-state index contributed by atoms with van der Waals surface area (Å²) in [6.07, 6.45) is 0.800. The molecule has 0 aliphatic heterocycles. The lowest BCUT2D eigenvalue weighted by Gasteiger charge is -2.41. The van der Waals surface area contributed by atoms with Crippen LogP contribution >= 0.6 is 47.8 Å². The van der Waals surface area contributed by atoms with Crippen LogP contribution in [0.2, 0.25) is 0 Å². The Balaban J connectivity index is 2.14. The van der Waals surface area contributed by atoms with E-state index in [2.05, 4.69) is 47.8 Å². The van der Waals surface area contributed by atoms with Gasteiger partial charge in [0.2, 0.25) is 0 Å². The van der Waals surface area contributed by atoms with Crippen molar-refractivity contribution in [3.8, 4) is 5.75 Å². The Morgan fingerprint density at radius 2 is 1.82 bits per heavy atom. The van der Waals surface area contributed by atoms with Crippen LogP contribution < -0.4 is 10.5 Å². The number of methoxy groups -OCH3 is 1.